The number of nitrogens with one attached hydrogen (secondary N) is 1. The summed E-state index contributed by atoms with van der Waals surface area (Å²) in [6.07, 6.45) is 1.79. The summed E-state index contributed by atoms with van der Waals surface area (Å²) in [5, 5.41) is 8.28. The molecule has 0 aliphatic carbocycles. The number of Topliss-reactive ketones (excluding diaryl/α,β-unsaturated/α-hetero) is 1. The van der Waals surface area contributed by atoms with Crippen LogP contribution in [0.2, 0.25) is 0 Å². The highest BCUT2D eigenvalue weighted by Gasteiger charge is 2.09. The molecule has 0 saturated carbocycles. The maximum Gasteiger partial charge on any atom is 0.182 e. The van der Waals surface area contributed by atoms with Crippen LogP contribution in [-0.2, 0) is 11.9 Å². The van der Waals surface area contributed by atoms with E-state index >= 15 is 0 Å². The van der Waals surface area contributed by atoms with Gasteiger partial charge < -0.3 is 9.30 Å². The molecular weight excluding hydrogens is 414 g/mol. The molecule has 7 heteroatoms. The van der Waals surface area contributed by atoms with E-state index < -0.39 is 0 Å². The number of hydrogen-bond donors (Lipinski definition) is 1. The lowest BCUT2D eigenvalue weighted by atomic mass is 10.1. The Balaban J connectivity index is 0.00000242. The van der Waals surface area contributed by atoms with Gasteiger partial charge in [-0.2, -0.15) is 0 Å². The van der Waals surface area contributed by atoms with Crippen molar-refractivity contribution in [2.75, 3.05) is 7.11 Å². The molecule has 0 radical (unpaired) electrons. The Morgan fingerprint density at radius 1 is 1.36 bits per heavy atom. The Hall–Kier alpha value is -1.47. The third-order valence-corrected chi connectivity index (χ3v) is 3.78. The molecule has 0 saturated heterocycles. The summed E-state index contributed by atoms with van der Waals surface area (Å²) in [7, 11) is 1.59. The van der Waals surface area contributed by atoms with Gasteiger partial charge in [0, 0.05) is 22.7 Å². The number of carbonyl (C=O) groups is 1. The molecule has 2 aromatic rings. The largest absolute Gasteiger partial charge is 0.497 e. The number of nitrogens with zero attached hydrogens (tertiary/aromatic N) is 2. The van der Waals surface area contributed by atoms with Crippen LogP contribution in [0.25, 0.3) is 0 Å². The molecule has 0 unspecified atom stereocenters. The molecule has 2 rings (SSSR count). The molecule has 5 nitrogen and oxygen atoms in total. The molecule has 1 N–H and O–H groups in total. The number of rotatable bonds is 5. The van der Waals surface area contributed by atoms with Gasteiger partial charge in [-0.25, -0.2) is 4.98 Å². The normalized spacial score (nSPS) is 9.95. The molecule has 1 aromatic heterocycles. The topological polar surface area (TPSA) is 68.0 Å². The fourth-order valence-corrected chi connectivity index (χ4v) is 2.33. The first kappa shape index (κ1) is 18.6. The second kappa shape index (κ2) is 8.24. The molecule has 0 aliphatic heterocycles. The highest BCUT2D eigenvalue weighted by Crippen LogP contribution is 2.12. The van der Waals surface area contributed by atoms with Crippen LogP contribution in [0.15, 0.2) is 30.5 Å². The van der Waals surface area contributed by atoms with Crippen molar-refractivity contribution in [3.63, 3.8) is 0 Å². The second-order valence-corrected chi connectivity index (χ2v) is 5.14. The molecular formula is C15H17Br2N3O2. The summed E-state index contributed by atoms with van der Waals surface area (Å²) in [5.41, 5.74) is 1.61. The minimum Gasteiger partial charge on any atom is -0.497 e. The average Bonchev–Trinajstić information content (AvgIpc) is 2.50. The molecule has 1 aromatic carbocycles. The number of aryl methyl sites for hydroxylation is 1. The molecule has 0 atom stereocenters. The van der Waals surface area contributed by atoms with E-state index in [9.17, 15) is 4.79 Å². The monoisotopic (exact) mass is 429 g/mol. The van der Waals surface area contributed by atoms with Gasteiger partial charge in [-0.3, -0.25) is 10.2 Å². The molecule has 0 bridgehead atoms. The van der Waals surface area contributed by atoms with Gasteiger partial charge in [-0.15, -0.1) is 17.0 Å². The maximum atomic E-state index is 12.3. The highest BCUT2D eigenvalue weighted by molar-refractivity contribution is 9.08. The van der Waals surface area contributed by atoms with Crippen LogP contribution in [0.4, 0.5) is 0 Å². The smallest absolute Gasteiger partial charge is 0.182 e. The van der Waals surface area contributed by atoms with Gasteiger partial charge in [0.25, 0.3) is 0 Å². The van der Waals surface area contributed by atoms with E-state index in [1.807, 2.05) is 0 Å². The maximum absolute atomic E-state index is 12.3. The quantitative estimate of drug-likeness (QED) is 0.585. The van der Waals surface area contributed by atoms with Crippen LogP contribution < -0.4 is 10.2 Å². The molecule has 0 amide bonds. The zero-order valence-corrected chi connectivity index (χ0v) is 15.6. The van der Waals surface area contributed by atoms with E-state index in [2.05, 4.69) is 20.9 Å². The van der Waals surface area contributed by atoms with Crippen molar-refractivity contribution in [2.45, 2.75) is 18.8 Å². The lowest BCUT2D eigenvalue weighted by molar-refractivity contribution is 0.0970. The standard InChI is InChI=1S/C15H16BrN3O2.BrH/c1-10-18-15(17)12(7-16)8-19(10)9-14(20)11-3-5-13(21-2)6-4-11;/h3-6,8,17H,7,9H2,1-2H3;1H. The first-order valence-electron chi connectivity index (χ1n) is 6.40. The molecule has 0 fully saturated rings. The Morgan fingerprint density at radius 2 is 2.00 bits per heavy atom. The number of ketones is 1. The van der Waals surface area contributed by atoms with Gasteiger partial charge in [0.15, 0.2) is 11.3 Å². The molecule has 22 heavy (non-hydrogen) atoms. The van der Waals surface area contributed by atoms with Crippen molar-refractivity contribution in [2.24, 2.45) is 0 Å². The predicted octanol–water partition coefficient (Wildman–Crippen LogP) is 3.04. The van der Waals surface area contributed by atoms with Crippen LogP contribution >= 0.6 is 32.9 Å². The first-order chi connectivity index (χ1) is 10.0. The number of alkyl halides is 1. The fraction of sp³-hybridized carbons (Fsp3) is 0.267. The van der Waals surface area contributed by atoms with Crippen molar-refractivity contribution < 1.29 is 9.53 Å². The minimum atomic E-state index is -0.00851. The summed E-state index contributed by atoms with van der Waals surface area (Å²) in [6, 6.07) is 7.02. The van der Waals surface area contributed by atoms with E-state index in [-0.39, 0.29) is 34.8 Å². The van der Waals surface area contributed by atoms with Gasteiger partial charge in [0.05, 0.1) is 13.7 Å². The second-order valence-electron chi connectivity index (χ2n) is 4.58. The van der Waals surface area contributed by atoms with E-state index in [0.717, 1.165) is 11.3 Å². The van der Waals surface area contributed by atoms with Gasteiger partial charge >= 0.3 is 0 Å². The van der Waals surface area contributed by atoms with Gasteiger partial charge in [0.1, 0.15) is 11.6 Å². The van der Waals surface area contributed by atoms with Gasteiger partial charge in [-0.1, -0.05) is 15.9 Å². The van der Waals surface area contributed by atoms with Crippen molar-refractivity contribution in [3.05, 3.63) is 52.9 Å². The van der Waals surface area contributed by atoms with E-state index in [0.29, 0.717) is 16.7 Å². The van der Waals surface area contributed by atoms with Crippen molar-refractivity contribution in [3.8, 4) is 5.75 Å². The number of ether oxygens (including phenoxy) is 1. The van der Waals surface area contributed by atoms with E-state index in [1.165, 1.54) is 0 Å². The summed E-state index contributed by atoms with van der Waals surface area (Å²) in [6.45, 7) is 1.99. The van der Waals surface area contributed by atoms with Crippen LogP contribution in [0.5, 0.6) is 5.75 Å². The fourth-order valence-electron chi connectivity index (χ4n) is 1.92. The zero-order chi connectivity index (χ0) is 15.4. The summed E-state index contributed by atoms with van der Waals surface area (Å²) >= 11 is 3.32. The third-order valence-electron chi connectivity index (χ3n) is 3.18. The van der Waals surface area contributed by atoms with Crippen molar-refractivity contribution >= 4 is 38.7 Å². The first-order valence-corrected chi connectivity index (χ1v) is 7.52. The SMILES string of the molecule is Br.COc1ccc(C(=O)Cn2cc(CBr)c(=N)nc2C)cc1. The Bertz CT molecular complexity index is 712. The summed E-state index contributed by atoms with van der Waals surface area (Å²) < 4.78 is 6.84. The summed E-state index contributed by atoms with van der Waals surface area (Å²) in [4.78, 5) is 16.4. The molecule has 118 valence electrons. The Kier molecular flexibility index (Phi) is 6.96. The van der Waals surface area contributed by atoms with E-state index in [1.54, 1.807) is 49.1 Å². The lowest BCUT2D eigenvalue weighted by Crippen LogP contribution is -2.22. The van der Waals surface area contributed by atoms with Gasteiger partial charge in [0.2, 0.25) is 0 Å². The number of methoxy groups -OCH3 is 1. The number of carbonyl (C=O) groups excluding carboxylic acids is 1. The molecule has 0 aliphatic rings. The predicted molar refractivity (Wildman–Crippen MR) is 93.1 cm³/mol. The van der Waals surface area contributed by atoms with Crippen LogP contribution in [0, 0.1) is 12.3 Å². The Morgan fingerprint density at radius 3 is 2.55 bits per heavy atom. The van der Waals surface area contributed by atoms with Gasteiger partial charge in [-0.05, 0) is 31.2 Å². The number of aromatic nitrogens is 2. The average molecular weight is 431 g/mol. The number of benzene rings is 1. The van der Waals surface area contributed by atoms with Crippen LogP contribution in [0.3, 0.4) is 0 Å². The van der Waals surface area contributed by atoms with Crippen LogP contribution in [-0.4, -0.2) is 22.4 Å². The highest BCUT2D eigenvalue weighted by atomic mass is 79.9. The Labute approximate surface area is 147 Å². The minimum absolute atomic E-state index is 0. The van der Waals surface area contributed by atoms with E-state index in [4.69, 9.17) is 10.1 Å². The molecule has 1 heterocycles. The van der Waals surface area contributed by atoms with Crippen molar-refractivity contribution in [1.29, 1.82) is 5.41 Å². The zero-order valence-electron chi connectivity index (χ0n) is 12.3. The number of halogens is 2. The third kappa shape index (κ3) is 4.27. The number of hydrogen-bond acceptors (Lipinski definition) is 4. The molecule has 0 spiro atoms. The lowest BCUT2D eigenvalue weighted by Gasteiger charge is -2.11. The van der Waals surface area contributed by atoms with Crippen LogP contribution in [0.1, 0.15) is 21.7 Å². The summed E-state index contributed by atoms with van der Waals surface area (Å²) in [5.74, 6) is 1.36. The van der Waals surface area contributed by atoms with Crippen molar-refractivity contribution in [1.82, 2.24) is 9.55 Å².